The summed E-state index contributed by atoms with van der Waals surface area (Å²) in [7, 11) is 0. The lowest BCUT2D eigenvalue weighted by Gasteiger charge is -2.20. The number of thiazole rings is 1. The summed E-state index contributed by atoms with van der Waals surface area (Å²) in [5.74, 6) is -0.0194. The highest BCUT2D eigenvalue weighted by molar-refractivity contribution is 7.16. The van der Waals surface area contributed by atoms with Gasteiger partial charge in [-0.25, -0.2) is 4.98 Å². The summed E-state index contributed by atoms with van der Waals surface area (Å²) in [6, 6.07) is 6.99. The molecule has 5 nitrogen and oxygen atoms in total. The van der Waals surface area contributed by atoms with Crippen LogP contribution >= 0.6 is 11.3 Å². The van der Waals surface area contributed by atoms with Gasteiger partial charge in [-0.3, -0.25) is 9.78 Å². The lowest BCUT2D eigenvalue weighted by Crippen LogP contribution is -2.42. The molecule has 0 aromatic carbocycles. The van der Waals surface area contributed by atoms with Gasteiger partial charge in [0.25, 0.3) is 5.91 Å². The summed E-state index contributed by atoms with van der Waals surface area (Å²) in [6.07, 6.45) is 6.82. The average molecular weight is 300 g/mol. The zero-order valence-electron chi connectivity index (χ0n) is 11.5. The molecule has 4 rings (SSSR count). The fraction of sp³-hybridized carbons (Fsp3) is 0.400. The Morgan fingerprint density at radius 2 is 2.29 bits per heavy atom. The Bertz CT molecular complexity index is 657. The van der Waals surface area contributed by atoms with Gasteiger partial charge in [-0.15, -0.1) is 11.3 Å². The number of hydrogen-bond donors (Lipinski definition) is 2. The Hall–Kier alpha value is -1.79. The van der Waals surface area contributed by atoms with Gasteiger partial charge in [0.05, 0.1) is 11.9 Å². The second kappa shape index (κ2) is 5.20. The van der Waals surface area contributed by atoms with E-state index in [0.717, 1.165) is 23.5 Å². The van der Waals surface area contributed by atoms with Gasteiger partial charge in [0.15, 0.2) is 0 Å². The molecule has 3 atom stereocenters. The van der Waals surface area contributed by atoms with Gasteiger partial charge in [-0.1, -0.05) is 6.07 Å². The van der Waals surface area contributed by atoms with E-state index in [1.807, 2.05) is 18.2 Å². The van der Waals surface area contributed by atoms with Crippen LogP contribution in [-0.4, -0.2) is 34.0 Å². The van der Waals surface area contributed by atoms with E-state index in [2.05, 4.69) is 20.6 Å². The number of carbonyl (C=O) groups is 1. The number of nitrogens with one attached hydrogen (secondary N) is 2. The SMILES string of the molecule is O=C(NC1CC2CCC1N2)c1cnc(-c2ccccn2)s1. The number of hydrogen-bond acceptors (Lipinski definition) is 5. The Morgan fingerprint density at radius 1 is 1.33 bits per heavy atom. The van der Waals surface area contributed by atoms with Crippen molar-refractivity contribution in [1.29, 1.82) is 0 Å². The highest BCUT2D eigenvalue weighted by Gasteiger charge is 2.39. The molecule has 21 heavy (non-hydrogen) atoms. The molecule has 1 amide bonds. The highest BCUT2D eigenvalue weighted by Crippen LogP contribution is 2.29. The van der Waals surface area contributed by atoms with Gasteiger partial charge in [-0.05, 0) is 31.4 Å². The van der Waals surface area contributed by atoms with Crippen LogP contribution < -0.4 is 10.6 Å². The van der Waals surface area contributed by atoms with Crippen molar-refractivity contribution in [3.05, 3.63) is 35.5 Å². The van der Waals surface area contributed by atoms with Gasteiger partial charge in [0.1, 0.15) is 9.88 Å². The van der Waals surface area contributed by atoms with E-state index < -0.39 is 0 Å². The molecule has 2 N–H and O–H groups in total. The van der Waals surface area contributed by atoms with Crippen molar-refractivity contribution >= 4 is 17.2 Å². The molecule has 2 fully saturated rings. The van der Waals surface area contributed by atoms with Crippen LogP contribution in [0.1, 0.15) is 28.9 Å². The lowest BCUT2D eigenvalue weighted by atomic mass is 9.95. The van der Waals surface area contributed by atoms with Gasteiger partial charge < -0.3 is 10.6 Å². The molecule has 3 unspecified atom stereocenters. The molecule has 2 saturated heterocycles. The van der Waals surface area contributed by atoms with Crippen LogP contribution in [0.15, 0.2) is 30.6 Å². The molecule has 108 valence electrons. The first-order chi connectivity index (χ1) is 10.3. The molecule has 2 bridgehead atoms. The Labute approximate surface area is 126 Å². The monoisotopic (exact) mass is 300 g/mol. The fourth-order valence-electron chi connectivity index (χ4n) is 3.21. The largest absolute Gasteiger partial charge is 0.347 e. The number of amides is 1. The molecule has 0 radical (unpaired) electrons. The van der Waals surface area contributed by atoms with Crippen LogP contribution in [0.25, 0.3) is 10.7 Å². The van der Waals surface area contributed by atoms with E-state index in [4.69, 9.17) is 0 Å². The molecule has 2 aliphatic rings. The average Bonchev–Trinajstić information content (AvgIpc) is 3.24. The van der Waals surface area contributed by atoms with Crippen molar-refractivity contribution in [3.8, 4) is 10.7 Å². The van der Waals surface area contributed by atoms with E-state index in [9.17, 15) is 4.79 Å². The zero-order chi connectivity index (χ0) is 14.2. The van der Waals surface area contributed by atoms with Crippen LogP contribution in [0.4, 0.5) is 0 Å². The Kier molecular flexibility index (Phi) is 3.20. The molecular formula is C15H16N4OS. The topological polar surface area (TPSA) is 66.9 Å². The first-order valence-electron chi connectivity index (χ1n) is 7.24. The second-order valence-corrected chi connectivity index (χ2v) is 6.64. The first-order valence-corrected chi connectivity index (χ1v) is 8.05. The quantitative estimate of drug-likeness (QED) is 0.907. The predicted molar refractivity (Wildman–Crippen MR) is 81.2 cm³/mol. The minimum absolute atomic E-state index is 0.0194. The molecular weight excluding hydrogens is 284 g/mol. The van der Waals surface area contributed by atoms with Crippen molar-refractivity contribution in [1.82, 2.24) is 20.6 Å². The third kappa shape index (κ3) is 2.45. The molecule has 0 spiro atoms. The summed E-state index contributed by atoms with van der Waals surface area (Å²) in [5, 5.41) is 7.45. The number of nitrogens with zero attached hydrogens (tertiary/aromatic N) is 2. The molecule has 0 saturated carbocycles. The lowest BCUT2D eigenvalue weighted by molar-refractivity contribution is 0.0935. The Balaban J connectivity index is 1.47. The van der Waals surface area contributed by atoms with Crippen LogP contribution in [0.5, 0.6) is 0 Å². The van der Waals surface area contributed by atoms with Crippen molar-refractivity contribution in [3.63, 3.8) is 0 Å². The number of pyridine rings is 1. The van der Waals surface area contributed by atoms with Crippen molar-refractivity contribution in [2.24, 2.45) is 0 Å². The second-order valence-electron chi connectivity index (χ2n) is 5.61. The standard InChI is InChI=1S/C15H16N4OS/c20-14(19-12-7-9-4-5-10(12)18-9)13-8-17-15(21-13)11-3-1-2-6-16-11/h1-3,6,8-10,12,18H,4-5,7H2,(H,19,20). The zero-order valence-corrected chi connectivity index (χ0v) is 12.3. The maximum absolute atomic E-state index is 12.3. The van der Waals surface area contributed by atoms with E-state index in [1.165, 1.54) is 17.8 Å². The van der Waals surface area contributed by atoms with Gasteiger partial charge >= 0.3 is 0 Å². The maximum Gasteiger partial charge on any atom is 0.263 e. The van der Waals surface area contributed by atoms with Crippen LogP contribution in [0.3, 0.4) is 0 Å². The number of carbonyl (C=O) groups excluding carboxylic acids is 1. The minimum Gasteiger partial charge on any atom is -0.347 e. The summed E-state index contributed by atoms with van der Waals surface area (Å²) < 4.78 is 0. The van der Waals surface area contributed by atoms with Crippen LogP contribution in [-0.2, 0) is 0 Å². The number of fused-ring (bicyclic) bond motifs is 2. The molecule has 0 aliphatic carbocycles. The summed E-state index contributed by atoms with van der Waals surface area (Å²) in [4.78, 5) is 21.6. The van der Waals surface area contributed by atoms with Crippen molar-refractivity contribution < 1.29 is 4.79 Å². The number of rotatable bonds is 3. The third-order valence-electron chi connectivity index (χ3n) is 4.23. The van der Waals surface area contributed by atoms with E-state index >= 15 is 0 Å². The number of aromatic nitrogens is 2. The van der Waals surface area contributed by atoms with Crippen molar-refractivity contribution in [2.75, 3.05) is 0 Å². The molecule has 4 heterocycles. The summed E-state index contributed by atoms with van der Waals surface area (Å²) in [5.41, 5.74) is 0.808. The molecule has 6 heteroatoms. The van der Waals surface area contributed by atoms with Gasteiger partial charge in [-0.2, -0.15) is 0 Å². The smallest absolute Gasteiger partial charge is 0.263 e. The Morgan fingerprint density at radius 3 is 3.00 bits per heavy atom. The molecule has 2 aliphatic heterocycles. The van der Waals surface area contributed by atoms with Crippen molar-refractivity contribution in [2.45, 2.75) is 37.4 Å². The van der Waals surface area contributed by atoms with E-state index in [-0.39, 0.29) is 11.9 Å². The van der Waals surface area contributed by atoms with Gasteiger partial charge in [0, 0.05) is 24.3 Å². The van der Waals surface area contributed by atoms with E-state index in [1.54, 1.807) is 12.4 Å². The minimum atomic E-state index is -0.0194. The fourth-order valence-corrected chi connectivity index (χ4v) is 4.01. The predicted octanol–water partition coefficient (Wildman–Crippen LogP) is 1.83. The summed E-state index contributed by atoms with van der Waals surface area (Å²) in [6.45, 7) is 0. The van der Waals surface area contributed by atoms with Gasteiger partial charge in [0.2, 0.25) is 0 Å². The normalized spacial score (nSPS) is 27.0. The molecule has 2 aromatic heterocycles. The van der Waals surface area contributed by atoms with Crippen LogP contribution in [0, 0.1) is 0 Å². The third-order valence-corrected chi connectivity index (χ3v) is 5.25. The highest BCUT2D eigenvalue weighted by atomic mass is 32.1. The molecule has 2 aromatic rings. The maximum atomic E-state index is 12.3. The first kappa shape index (κ1) is 12.9. The van der Waals surface area contributed by atoms with E-state index in [0.29, 0.717) is 17.0 Å². The van der Waals surface area contributed by atoms with Crippen LogP contribution in [0.2, 0.25) is 0 Å². The summed E-state index contributed by atoms with van der Waals surface area (Å²) >= 11 is 1.39.